The summed E-state index contributed by atoms with van der Waals surface area (Å²) in [6.45, 7) is 7.95. The number of aromatic amines is 1. The Balaban J connectivity index is 2.24. The van der Waals surface area contributed by atoms with Crippen LogP contribution in [0, 0.1) is 27.7 Å². The van der Waals surface area contributed by atoms with Crippen molar-refractivity contribution in [2.45, 2.75) is 34.1 Å². The Morgan fingerprint density at radius 3 is 2.21 bits per heavy atom. The van der Waals surface area contributed by atoms with E-state index in [4.69, 9.17) is 0 Å². The van der Waals surface area contributed by atoms with Crippen LogP contribution in [0.3, 0.4) is 0 Å². The minimum absolute atomic E-state index is 0.0975. The Morgan fingerprint density at radius 2 is 1.55 bits per heavy atom. The van der Waals surface area contributed by atoms with E-state index < -0.39 is 5.97 Å². The molecule has 0 atom stereocenters. The molecule has 0 bridgehead atoms. The number of aliphatic carboxylic acids is 1. The molecule has 2 N–H and O–H groups in total. The third-order valence-corrected chi connectivity index (χ3v) is 5.73. The Labute approximate surface area is 168 Å². The molecule has 0 saturated carbocycles. The van der Waals surface area contributed by atoms with Gasteiger partial charge in [-0.25, -0.2) is 0 Å². The number of pyridine rings is 1. The molecule has 1 heterocycles. The zero-order valence-corrected chi connectivity index (χ0v) is 17.0. The maximum Gasteiger partial charge on any atom is 0.307 e. The maximum absolute atomic E-state index is 12.7. The van der Waals surface area contributed by atoms with E-state index in [9.17, 15) is 14.7 Å². The van der Waals surface area contributed by atoms with Crippen LogP contribution in [0.25, 0.3) is 32.8 Å². The van der Waals surface area contributed by atoms with Crippen molar-refractivity contribution in [2.75, 3.05) is 0 Å². The van der Waals surface area contributed by atoms with Gasteiger partial charge in [0.05, 0.1) is 11.9 Å². The van der Waals surface area contributed by atoms with E-state index in [-0.39, 0.29) is 12.0 Å². The van der Waals surface area contributed by atoms with Crippen molar-refractivity contribution in [2.24, 2.45) is 0 Å². The van der Waals surface area contributed by atoms with Gasteiger partial charge < -0.3 is 10.1 Å². The molecule has 0 radical (unpaired) electrons. The molecule has 0 aliphatic carbocycles. The molecule has 0 unspecified atom stereocenters. The van der Waals surface area contributed by atoms with Crippen molar-refractivity contribution >= 4 is 27.6 Å². The van der Waals surface area contributed by atoms with Gasteiger partial charge in [-0.1, -0.05) is 47.5 Å². The van der Waals surface area contributed by atoms with Gasteiger partial charge in [-0.3, -0.25) is 9.59 Å². The van der Waals surface area contributed by atoms with Crippen LogP contribution in [-0.2, 0) is 11.2 Å². The van der Waals surface area contributed by atoms with Crippen LogP contribution in [-0.4, -0.2) is 16.1 Å². The summed E-state index contributed by atoms with van der Waals surface area (Å²) in [7, 11) is 0. The molecule has 0 saturated heterocycles. The number of carboxylic acids is 1. The van der Waals surface area contributed by atoms with Crippen molar-refractivity contribution in [3.05, 3.63) is 80.6 Å². The Morgan fingerprint density at radius 1 is 0.897 bits per heavy atom. The van der Waals surface area contributed by atoms with E-state index in [0.717, 1.165) is 55.2 Å². The first kappa shape index (κ1) is 18.9. The molecule has 1 aromatic heterocycles. The first-order chi connectivity index (χ1) is 13.8. The SMILES string of the molecule is Cc1ccc(-c2c(CC(=O)O)c(C)c3[nH]c(=O)c4ccc(C)cc4c3c2C)cc1. The number of carbonyl (C=O) groups is 1. The summed E-state index contributed by atoms with van der Waals surface area (Å²) in [6, 6.07) is 14.0. The molecule has 0 fully saturated rings. The number of fused-ring (bicyclic) bond motifs is 3. The lowest BCUT2D eigenvalue weighted by atomic mass is 9.85. The van der Waals surface area contributed by atoms with Crippen LogP contribution in [0.15, 0.2) is 47.3 Å². The third kappa shape index (κ3) is 3.11. The molecule has 3 aromatic carbocycles. The molecule has 0 aliphatic heterocycles. The van der Waals surface area contributed by atoms with E-state index >= 15 is 0 Å². The number of H-pyrrole nitrogens is 1. The lowest BCUT2D eigenvalue weighted by Gasteiger charge is -2.20. The summed E-state index contributed by atoms with van der Waals surface area (Å²) in [6.07, 6.45) is -0.0975. The molecule has 4 aromatic rings. The number of rotatable bonds is 3. The number of hydrogen-bond donors (Lipinski definition) is 2. The highest BCUT2D eigenvalue weighted by Gasteiger charge is 2.21. The number of carboxylic acid groups (broad SMARTS) is 1. The summed E-state index contributed by atoms with van der Waals surface area (Å²) in [5, 5.41) is 12.1. The van der Waals surface area contributed by atoms with E-state index in [1.807, 2.05) is 70.2 Å². The maximum atomic E-state index is 12.7. The summed E-state index contributed by atoms with van der Waals surface area (Å²) in [4.78, 5) is 27.4. The number of benzene rings is 3. The molecule has 0 aliphatic rings. The van der Waals surface area contributed by atoms with Gasteiger partial charge in [-0.05, 0) is 67.0 Å². The van der Waals surface area contributed by atoms with Gasteiger partial charge in [0, 0.05) is 10.8 Å². The van der Waals surface area contributed by atoms with Crippen LogP contribution in [0.1, 0.15) is 27.8 Å². The first-order valence-corrected chi connectivity index (χ1v) is 9.65. The number of aromatic nitrogens is 1. The molecule has 4 rings (SSSR count). The minimum Gasteiger partial charge on any atom is -0.481 e. The van der Waals surface area contributed by atoms with Gasteiger partial charge >= 0.3 is 5.97 Å². The van der Waals surface area contributed by atoms with Gasteiger partial charge in [-0.2, -0.15) is 0 Å². The summed E-state index contributed by atoms with van der Waals surface area (Å²) in [5.74, 6) is -0.890. The molecule has 146 valence electrons. The Bertz CT molecular complexity index is 1350. The highest BCUT2D eigenvalue weighted by Crippen LogP contribution is 2.38. The standard InChI is InChI=1S/C25H23NO3/c1-13-5-8-17(9-6-13)22-16(4)23-20-11-14(2)7-10-18(20)25(29)26-24(23)15(3)19(22)12-21(27)28/h5-11H,12H2,1-4H3,(H,26,29)(H,27,28). The molecular weight excluding hydrogens is 362 g/mol. The highest BCUT2D eigenvalue weighted by atomic mass is 16.4. The van der Waals surface area contributed by atoms with Crippen LogP contribution in [0.2, 0.25) is 0 Å². The van der Waals surface area contributed by atoms with E-state index in [1.165, 1.54) is 0 Å². The van der Waals surface area contributed by atoms with Crippen LogP contribution >= 0.6 is 0 Å². The molecule has 0 amide bonds. The van der Waals surface area contributed by atoms with Crippen LogP contribution in [0.4, 0.5) is 0 Å². The zero-order valence-electron chi connectivity index (χ0n) is 17.0. The lowest BCUT2D eigenvalue weighted by molar-refractivity contribution is -0.136. The summed E-state index contributed by atoms with van der Waals surface area (Å²) >= 11 is 0. The van der Waals surface area contributed by atoms with Crippen molar-refractivity contribution in [1.82, 2.24) is 4.98 Å². The normalized spacial score (nSPS) is 11.3. The Kier molecular flexibility index (Phi) is 4.50. The smallest absolute Gasteiger partial charge is 0.307 e. The first-order valence-electron chi connectivity index (χ1n) is 9.65. The van der Waals surface area contributed by atoms with Gasteiger partial charge in [0.2, 0.25) is 0 Å². The second-order valence-electron chi connectivity index (χ2n) is 7.79. The van der Waals surface area contributed by atoms with E-state index in [0.29, 0.717) is 5.39 Å². The molecule has 29 heavy (non-hydrogen) atoms. The molecule has 0 spiro atoms. The van der Waals surface area contributed by atoms with E-state index in [2.05, 4.69) is 4.98 Å². The molecular formula is C25H23NO3. The molecule has 4 nitrogen and oxygen atoms in total. The average Bonchev–Trinajstić information content (AvgIpc) is 2.66. The number of nitrogens with one attached hydrogen (secondary N) is 1. The number of aryl methyl sites for hydroxylation is 4. The van der Waals surface area contributed by atoms with Crippen molar-refractivity contribution in [3.63, 3.8) is 0 Å². The van der Waals surface area contributed by atoms with Gasteiger partial charge in [0.15, 0.2) is 0 Å². The number of hydrogen-bond acceptors (Lipinski definition) is 2. The predicted molar refractivity (Wildman–Crippen MR) is 118 cm³/mol. The summed E-state index contributed by atoms with van der Waals surface area (Å²) in [5.41, 5.74) is 7.25. The van der Waals surface area contributed by atoms with Crippen molar-refractivity contribution < 1.29 is 9.90 Å². The fourth-order valence-electron chi connectivity index (χ4n) is 4.28. The van der Waals surface area contributed by atoms with Gasteiger partial charge in [-0.15, -0.1) is 0 Å². The monoisotopic (exact) mass is 385 g/mol. The zero-order chi connectivity index (χ0) is 20.9. The predicted octanol–water partition coefficient (Wildman–Crippen LogP) is 5.21. The average molecular weight is 385 g/mol. The highest BCUT2D eigenvalue weighted by molar-refractivity contribution is 6.11. The Hall–Kier alpha value is -3.40. The second kappa shape index (κ2) is 6.89. The quantitative estimate of drug-likeness (QED) is 0.476. The fourth-order valence-corrected chi connectivity index (χ4v) is 4.28. The van der Waals surface area contributed by atoms with Crippen molar-refractivity contribution in [3.8, 4) is 11.1 Å². The lowest BCUT2D eigenvalue weighted by Crippen LogP contribution is -2.12. The third-order valence-electron chi connectivity index (χ3n) is 5.73. The van der Waals surface area contributed by atoms with Crippen LogP contribution in [0.5, 0.6) is 0 Å². The fraction of sp³-hybridized carbons (Fsp3) is 0.200. The topological polar surface area (TPSA) is 70.2 Å². The van der Waals surface area contributed by atoms with Crippen LogP contribution < -0.4 is 5.56 Å². The van der Waals surface area contributed by atoms with Gasteiger partial charge in [0.25, 0.3) is 5.56 Å². The summed E-state index contributed by atoms with van der Waals surface area (Å²) < 4.78 is 0. The van der Waals surface area contributed by atoms with Gasteiger partial charge in [0.1, 0.15) is 0 Å². The second-order valence-corrected chi connectivity index (χ2v) is 7.79. The van der Waals surface area contributed by atoms with Crippen molar-refractivity contribution in [1.29, 1.82) is 0 Å². The molecule has 4 heteroatoms. The largest absolute Gasteiger partial charge is 0.481 e. The van der Waals surface area contributed by atoms with E-state index in [1.54, 1.807) is 0 Å². The minimum atomic E-state index is -0.890.